The van der Waals surface area contributed by atoms with E-state index in [4.69, 9.17) is 16.3 Å². The van der Waals surface area contributed by atoms with Crippen molar-refractivity contribution in [3.63, 3.8) is 0 Å². The molecule has 0 heterocycles. The molecule has 1 rings (SSSR count). The van der Waals surface area contributed by atoms with Crippen molar-refractivity contribution in [1.29, 1.82) is 0 Å². The quantitative estimate of drug-likeness (QED) is 0.781. The number of methoxy groups -OCH3 is 1. The molecular formula is C15H21ClFNO2. The molecular weight excluding hydrogens is 281 g/mol. The highest BCUT2D eigenvalue weighted by atomic mass is 35.5. The number of ether oxygens (including phenoxy) is 1. The van der Waals surface area contributed by atoms with Gasteiger partial charge in [0.15, 0.2) is 11.6 Å². The molecule has 0 saturated carbocycles. The Morgan fingerprint density at radius 3 is 2.75 bits per heavy atom. The fraction of sp³-hybridized carbons (Fsp3) is 0.533. The summed E-state index contributed by atoms with van der Waals surface area (Å²) in [6, 6.07) is 4.07. The van der Waals surface area contributed by atoms with Crippen LogP contribution in [0.5, 0.6) is 5.75 Å². The zero-order valence-electron chi connectivity index (χ0n) is 12.1. The summed E-state index contributed by atoms with van der Waals surface area (Å²) in [5.74, 6) is -0.0280. The second-order valence-corrected chi connectivity index (χ2v) is 5.87. The van der Waals surface area contributed by atoms with Gasteiger partial charge >= 0.3 is 0 Å². The van der Waals surface area contributed by atoms with Crippen LogP contribution in [0, 0.1) is 11.2 Å². The zero-order valence-corrected chi connectivity index (χ0v) is 12.9. The topological polar surface area (TPSA) is 38.3 Å². The Bertz CT molecular complexity index is 463. The highest BCUT2D eigenvalue weighted by Gasteiger charge is 2.19. The second-order valence-electron chi connectivity index (χ2n) is 5.49. The van der Waals surface area contributed by atoms with Crippen LogP contribution in [0.2, 0.25) is 0 Å². The number of benzene rings is 1. The van der Waals surface area contributed by atoms with Gasteiger partial charge in [0.1, 0.15) is 0 Å². The number of hydrogen-bond donors (Lipinski definition) is 1. The average molecular weight is 302 g/mol. The van der Waals surface area contributed by atoms with Gasteiger partial charge in [-0.1, -0.05) is 13.8 Å². The highest BCUT2D eigenvalue weighted by molar-refractivity contribution is 6.17. The van der Waals surface area contributed by atoms with E-state index in [1.54, 1.807) is 0 Å². The predicted octanol–water partition coefficient (Wildman–Crippen LogP) is 3.61. The summed E-state index contributed by atoms with van der Waals surface area (Å²) in [6.07, 6.45) is 1.85. The van der Waals surface area contributed by atoms with E-state index in [0.717, 1.165) is 12.8 Å². The summed E-state index contributed by atoms with van der Waals surface area (Å²) in [5.41, 5.74) is 0.366. The molecule has 112 valence electrons. The fourth-order valence-corrected chi connectivity index (χ4v) is 1.99. The van der Waals surface area contributed by atoms with Crippen molar-refractivity contribution in [1.82, 2.24) is 5.32 Å². The van der Waals surface area contributed by atoms with Gasteiger partial charge in [0.05, 0.1) is 7.11 Å². The lowest BCUT2D eigenvalue weighted by molar-refractivity contribution is 0.0934. The van der Waals surface area contributed by atoms with Gasteiger partial charge in [-0.15, -0.1) is 11.6 Å². The lowest BCUT2D eigenvalue weighted by Crippen LogP contribution is -2.34. The van der Waals surface area contributed by atoms with E-state index in [-0.39, 0.29) is 17.1 Å². The van der Waals surface area contributed by atoms with E-state index in [1.807, 2.05) is 0 Å². The number of halogens is 2. The molecule has 1 aromatic rings. The third-order valence-corrected chi connectivity index (χ3v) is 3.40. The Hall–Kier alpha value is -1.29. The second kappa shape index (κ2) is 7.48. The van der Waals surface area contributed by atoms with E-state index < -0.39 is 5.82 Å². The Labute approximate surface area is 124 Å². The minimum atomic E-state index is -0.480. The van der Waals surface area contributed by atoms with Crippen LogP contribution in [0.3, 0.4) is 0 Å². The van der Waals surface area contributed by atoms with Crippen molar-refractivity contribution in [2.45, 2.75) is 26.7 Å². The van der Waals surface area contributed by atoms with Crippen LogP contribution in [0.4, 0.5) is 4.39 Å². The molecule has 1 aromatic carbocycles. The lowest BCUT2D eigenvalue weighted by Gasteiger charge is -2.24. The monoisotopic (exact) mass is 301 g/mol. The maximum absolute atomic E-state index is 13.3. The van der Waals surface area contributed by atoms with Gasteiger partial charge in [-0.3, -0.25) is 4.79 Å². The van der Waals surface area contributed by atoms with Gasteiger partial charge in [-0.25, -0.2) is 4.39 Å². The molecule has 0 spiro atoms. The maximum Gasteiger partial charge on any atom is 0.251 e. The van der Waals surface area contributed by atoms with Crippen LogP contribution in [0.25, 0.3) is 0 Å². The van der Waals surface area contributed by atoms with Gasteiger partial charge in [0.25, 0.3) is 5.91 Å². The van der Waals surface area contributed by atoms with Crippen LogP contribution >= 0.6 is 11.6 Å². The number of rotatable bonds is 7. The molecule has 0 fully saturated rings. The number of amides is 1. The molecule has 5 heteroatoms. The van der Waals surface area contributed by atoms with Gasteiger partial charge in [-0.05, 0) is 36.5 Å². The molecule has 0 aliphatic heterocycles. The van der Waals surface area contributed by atoms with Crippen molar-refractivity contribution in [3.05, 3.63) is 29.6 Å². The number of carbonyl (C=O) groups is 1. The Balaban J connectivity index is 2.63. The average Bonchev–Trinajstić information content (AvgIpc) is 2.43. The minimum Gasteiger partial charge on any atom is -0.494 e. The molecule has 0 radical (unpaired) electrons. The molecule has 1 amide bonds. The molecule has 0 aliphatic rings. The number of alkyl halides is 1. The number of carbonyl (C=O) groups excluding carboxylic acids is 1. The van der Waals surface area contributed by atoms with Gasteiger partial charge < -0.3 is 10.1 Å². The lowest BCUT2D eigenvalue weighted by atomic mass is 9.88. The highest BCUT2D eigenvalue weighted by Crippen LogP contribution is 2.22. The van der Waals surface area contributed by atoms with Crippen molar-refractivity contribution in [3.8, 4) is 5.75 Å². The van der Waals surface area contributed by atoms with Gasteiger partial charge in [0.2, 0.25) is 0 Å². The smallest absolute Gasteiger partial charge is 0.251 e. The first kappa shape index (κ1) is 16.8. The summed E-state index contributed by atoms with van der Waals surface area (Å²) >= 11 is 5.68. The van der Waals surface area contributed by atoms with Crippen molar-refractivity contribution < 1.29 is 13.9 Å². The van der Waals surface area contributed by atoms with E-state index in [2.05, 4.69) is 19.2 Å². The summed E-state index contributed by atoms with van der Waals surface area (Å²) in [6.45, 7) is 4.69. The molecule has 0 unspecified atom stereocenters. The first-order chi connectivity index (χ1) is 9.39. The Morgan fingerprint density at radius 1 is 1.45 bits per heavy atom. The van der Waals surface area contributed by atoms with E-state index in [0.29, 0.717) is 18.0 Å². The van der Waals surface area contributed by atoms with Crippen LogP contribution in [0.15, 0.2) is 18.2 Å². The number of hydrogen-bond acceptors (Lipinski definition) is 2. The van der Waals surface area contributed by atoms with Crippen molar-refractivity contribution >= 4 is 17.5 Å². The van der Waals surface area contributed by atoms with Crippen molar-refractivity contribution in [2.75, 3.05) is 19.5 Å². The minimum absolute atomic E-state index is 0.0192. The molecule has 1 N–H and O–H groups in total. The first-order valence-corrected chi connectivity index (χ1v) is 7.11. The van der Waals surface area contributed by atoms with Crippen LogP contribution in [-0.2, 0) is 0 Å². The largest absolute Gasteiger partial charge is 0.494 e. The Morgan fingerprint density at radius 2 is 2.15 bits per heavy atom. The first-order valence-electron chi connectivity index (χ1n) is 6.57. The third kappa shape index (κ3) is 5.00. The summed E-state index contributed by atoms with van der Waals surface area (Å²) in [5, 5.41) is 2.86. The van der Waals surface area contributed by atoms with E-state index in [9.17, 15) is 9.18 Å². The molecule has 0 bridgehead atoms. The summed E-state index contributed by atoms with van der Waals surface area (Å²) in [7, 11) is 1.37. The van der Waals surface area contributed by atoms with Gasteiger partial charge in [0, 0.05) is 18.0 Å². The van der Waals surface area contributed by atoms with E-state index >= 15 is 0 Å². The number of nitrogens with one attached hydrogen (secondary N) is 1. The molecule has 0 aliphatic carbocycles. The third-order valence-electron chi connectivity index (χ3n) is 3.13. The standard InChI is InChI=1S/C15H21ClFNO2/c1-15(2,7-4-8-16)10-18-14(19)11-5-6-12(17)13(9-11)20-3/h5-6,9H,4,7-8,10H2,1-3H3,(H,18,19). The Kier molecular flexibility index (Phi) is 6.27. The molecule has 0 atom stereocenters. The normalized spacial score (nSPS) is 11.2. The predicted molar refractivity (Wildman–Crippen MR) is 79.0 cm³/mol. The van der Waals surface area contributed by atoms with Crippen LogP contribution in [0.1, 0.15) is 37.0 Å². The van der Waals surface area contributed by atoms with Gasteiger partial charge in [-0.2, -0.15) is 0 Å². The summed E-state index contributed by atoms with van der Waals surface area (Å²) in [4.78, 5) is 12.0. The van der Waals surface area contributed by atoms with Crippen LogP contribution < -0.4 is 10.1 Å². The van der Waals surface area contributed by atoms with Crippen molar-refractivity contribution in [2.24, 2.45) is 5.41 Å². The molecule has 3 nitrogen and oxygen atoms in total. The van der Waals surface area contributed by atoms with Crippen LogP contribution in [-0.4, -0.2) is 25.4 Å². The zero-order chi connectivity index (χ0) is 15.2. The van der Waals surface area contributed by atoms with E-state index in [1.165, 1.54) is 25.3 Å². The fourth-order valence-electron chi connectivity index (χ4n) is 1.86. The maximum atomic E-state index is 13.3. The SMILES string of the molecule is COc1cc(C(=O)NCC(C)(C)CCCCl)ccc1F. The molecule has 0 saturated heterocycles. The molecule has 0 aromatic heterocycles. The summed E-state index contributed by atoms with van der Waals surface area (Å²) < 4.78 is 18.1. The molecule has 20 heavy (non-hydrogen) atoms.